The molecule has 0 saturated carbocycles. The van der Waals surface area contributed by atoms with Crippen LogP contribution in [0.3, 0.4) is 0 Å². The molecule has 0 radical (unpaired) electrons. The standard InChI is InChI=1S/C17H18Br2O2/c1-4-21-15-8-7-12(9-14(15)18)17(19)13-6-5-11(2)16(10-13)20-3/h5-10,17H,4H2,1-3H3. The Kier molecular flexibility index (Phi) is 5.71. The van der Waals surface area contributed by atoms with E-state index in [9.17, 15) is 0 Å². The van der Waals surface area contributed by atoms with E-state index in [0.717, 1.165) is 32.7 Å². The molecule has 2 aromatic rings. The van der Waals surface area contributed by atoms with E-state index in [1.54, 1.807) is 7.11 Å². The van der Waals surface area contributed by atoms with E-state index in [1.807, 2.05) is 19.9 Å². The Morgan fingerprint density at radius 2 is 1.71 bits per heavy atom. The molecule has 1 atom stereocenters. The van der Waals surface area contributed by atoms with Crippen LogP contribution in [0.2, 0.25) is 0 Å². The average molecular weight is 414 g/mol. The van der Waals surface area contributed by atoms with Gasteiger partial charge in [0, 0.05) is 0 Å². The van der Waals surface area contributed by atoms with Gasteiger partial charge < -0.3 is 9.47 Å². The minimum atomic E-state index is 0.110. The van der Waals surface area contributed by atoms with Crippen molar-refractivity contribution in [3.8, 4) is 11.5 Å². The van der Waals surface area contributed by atoms with Gasteiger partial charge in [0.25, 0.3) is 0 Å². The maximum absolute atomic E-state index is 5.55. The van der Waals surface area contributed by atoms with Gasteiger partial charge >= 0.3 is 0 Å². The Morgan fingerprint density at radius 1 is 1.05 bits per heavy atom. The summed E-state index contributed by atoms with van der Waals surface area (Å²) >= 11 is 7.32. The summed E-state index contributed by atoms with van der Waals surface area (Å²) in [5.41, 5.74) is 3.46. The first-order valence-corrected chi connectivity index (χ1v) is 8.48. The molecule has 4 heteroatoms. The summed E-state index contributed by atoms with van der Waals surface area (Å²) in [7, 11) is 1.70. The van der Waals surface area contributed by atoms with E-state index in [0.29, 0.717) is 6.61 Å². The summed E-state index contributed by atoms with van der Waals surface area (Å²) in [5, 5.41) is 0. The molecule has 112 valence electrons. The van der Waals surface area contributed by atoms with Crippen LogP contribution in [-0.4, -0.2) is 13.7 Å². The monoisotopic (exact) mass is 412 g/mol. The Hall–Kier alpha value is -1.00. The van der Waals surface area contributed by atoms with Crippen molar-refractivity contribution in [3.63, 3.8) is 0 Å². The van der Waals surface area contributed by atoms with Gasteiger partial charge in [-0.05, 0) is 64.7 Å². The molecular formula is C17H18Br2O2. The van der Waals surface area contributed by atoms with Crippen LogP contribution >= 0.6 is 31.9 Å². The molecule has 0 aromatic heterocycles. The van der Waals surface area contributed by atoms with Gasteiger partial charge in [-0.1, -0.05) is 34.1 Å². The second-order valence-electron chi connectivity index (χ2n) is 4.71. The number of hydrogen-bond acceptors (Lipinski definition) is 2. The molecule has 21 heavy (non-hydrogen) atoms. The van der Waals surface area contributed by atoms with Crippen LogP contribution in [0, 0.1) is 6.92 Å². The lowest BCUT2D eigenvalue weighted by Crippen LogP contribution is -1.97. The molecular weight excluding hydrogens is 396 g/mol. The molecule has 0 aliphatic carbocycles. The molecule has 0 fully saturated rings. The molecule has 0 heterocycles. The van der Waals surface area contributed by atoms with Crippen molar-refractivity contribution in [2.75, 3.05) is 13.7 Å². The molecule has 0 amide bonds. The molecule has 2 rings (SSSR count). The average Bonchev–Trinajstić information content (AvgIpc) is 2.49. The third-order valence-electron chi connectivity index (χ3n) is 3.27. The predicted molar refractivity (Wildman–Crippen MR) is 93.8 cm³/mol. The lowest BCUT2D eigenvalue weighted by Gasteiger charge is -2.15. The van der Waals surface area contributed by atoms with E-state index >= 15 is 0 Å². The third-order valence-corrected chi connectivity index (χ3v) is 4.95. The van der Waals surface area contributed by atoms with Crippen LogP contribution in [0.5, 0.6) is 11.5 Å². The topological polar surface area (TPSA) is 18.5 Å². The van der Waals surface area contributed by atoms with Crippen LogP contribution < -0.4 is 9.47 Å². The van der Waals surface area contributed by atoms with Gasteiger partial charge in [0.05, 0.1) is 23.0 Å². The second kappa shape index (κ2) is 7.32. The van der Waals surface area contributed by atoms with Crippen molar-refractivity contribution >= 4 is 31.9 Å². The molecule has 0 aliphatic heterocycles. The van der Waals surface area contributed by atoms with Crippen LogP contribution in [0.1, 0.15) is 28.4 Å². The molecule has 1 unspecified atom stereocenters. The molecule has 0 aliphatic rings. The number of benzene rings is 2. The smallest absolute Gasteiger partial charge is 0.133 e. The molecule has 0 bridgehead atoms. The van der Waals surface area contributed by atoms with Gasteiger partial charge in [0.2, 0.25) is 0 Å². The first kappa shape index (κ1) is 16.4. The highest BCUT2D eigenvalue weighted by Gasteiger charge is 2.14. The van der Waals surface area contributed by atoms with Gasteiger partial charge in [-0.25, -0.2) is 0 Å². The quantitative estimate of drug-likeness (QED) is 0.589. The highest BCUT2D eigenvalue weighted by atomic mass is 79.9. The number of halogens is 2. The van der Waals surface area contributed by atoms with E-state index < -0.39 is 0 Å². The first-order valence-electron chi connectivity index (χ1n) is 6.77. The number of ether oxygens (including phenoxy) is 2. The van der Waals surface area contributed by atoms with Crippen molar-refractivity contribution in [2.45, 2.75) is 18.7 Å². The van der Waals surface area contributed by atoms with Crippen molar-refractivity contribution in [1.82, 2.24) is 0 Å². The van der Waals surface area contributed by atoms with Crippen molar-refractivity contribution < 1.29 is 9.47 Å². The highest BCUT2D eigenvalue weighted by molar-refractivity contribution is 9.10. The minimum absolute atomic E-state index is 0.110. The van der Waals surface area contributed by atoms with Gasteiger partial charge in [0.1, 0.15) is 11.5 Å². The summed E-state index contributed by atoms with van der Waals surface area (Å²) < 4.78 is 11.9. The summed E-state index contributed by atoms with van der Waals surface area (Å²) in [6, 6.07) is 12.4. The zero-order valence-electron chi connectivity index (χ0n) is 12.3. The maximum atomic E-state index is 5.55. The highest BCUT2D eigenvalue weighted by Crippen LogP contribution is 2.37. The van der Waals surface area contributed by atoms with Crippen molar-refractivity contribution in [3.05, 3.63) is 57.6 Å². The summed E-state index contributed by atoms with van der Waals surface area (Å²) in [6.45, 7) is 4.68. The number of aryl methyl sites for hydroxylation is 1. The third kappa shape index (κ3) is 3.80. The van der Waals surface area contributed by atoms with E-state index in [2.05, 4.69) is 62.2 Å². The molecule has 0 saturated heterocycles. The fourth-order valence-corrected chi connectivity index (χ4v) is 3.21. The Balaban J connectivity index is 2.31. The largest absolute Gasteiger partial charge is 0.496 e. The summed E-state index contributed by atoms with van der Waals surface area (Å²) in [5.74, 6) is 1.77. The molecule has 0 spiro atoms. The molecule has 2 aromatic carbocycles. The van der Waals surface area contributed by atoms with E-state index in [-0.39, 0.29) is 4.83 Å². The van der Waals surface area contributed by atoms with Crippen molar-refractivity contribution in [1.29, 1.82) is 0 Å². The van der Waals surface area contributed by atoms with E-state index in [4.69, 9.17) is 9.47 Å². The molecule has 2 nitrogen and oxygen atoms in total. The van der Waals surface area contributed by atoms with Crippen LogP contribution in [0.4, 0.5) is 0 Å². The van der Waals surface area contributed by atoms with Gasteiger partial charge in [-0.3, -0.25) is 0 Å². The van der Waals surface area contributed by atoms with Crippen LogP contribution in [-0.2, 0) is 0 Å². The predicted octanol–water partition coefficient (Wildman–Crippen LogP) is 5.65. The SMILES string of the molecule is CCOc1ccc(C(Br)c2ccc(C)c(OC)c2)cc1Br. The molecule has 0 N–H and O–H groups in total. The number of hydrogen-bond donors (Lipinski definition) is 0. The second-order valence-corrected chi connectivity index (χ2v) is 6.48. The Morgan fingerprint density at radius 3 is 2.33 bits per heavy atom. The van der Waals surface area contributed by atoms with Gasteiger partial charge in [0.15, 0.2) is 0 Å². The number of alkyl halides is 1. The zero-order chi connectivity index (χ0) is 15.4. The minimum Gasteiger partial charge on any atom is -0.496 e. The van der Waals surface area contributed by atoms with E-state index in [1.165, 1.54) is 0 Å². The lowest BCUT2D eigenvalue weighted by atomic mass is 10.0. The Bertz CT molecular complexity index is 626. The van der Waals surface area contributed by atoms with Crippen LogP contribution in [0.15, 0.2) is 40.9 Å². The zero-order valence-corrected chi connectivity index (χ0v) is 15.5. The lowest BCUT2D eigenvalue weighted by molar-refractivity contribution is 0.338. The summed E-state index contributed by atoms with van der Waals surface area (Å²) in [6.07, 6.45) is 0. The summed E-state index contributed by atoms with van der Waals surface area (Å²) in [4.78, 5) is 0.110. The first-order chi connectivity index (χ1) is 10.1. The maximum Gasteiger partial charge on any atom is 0.133 e. The normalized spacial score (nSPS) is 12.0. The number of methoxy groups -OCH3 is 1. The van der Waals surface area contributed by atoms with Crippen molar-refractivity contribution in [2.24, 2.45) is 0 Å². The number of rotatable bonds is 5. The van der Waals surface area contributed by atoms with Crippen LogP contribution in [0.25, 0.3) is 0 Å². The fraction of sp³-hybridized carbons (Fsp3) is 0.294. The Labute approximate surface area is 142 Å². The van der Waals surface area contributed by atoms with Gasteiger partial charge in [-0.2, -0.15) is 0 Å². The fourth-order valence-electron chi connectivity index (χ4n) is 2.13. The van der Waals surface area contributed by atoms with Gasteiger partial charge in [-0.15, -0.1) is 0 Å².